The molecule has 1 fully saturated rings. The summed E-state index contributed by atoms with van der Waals surface area (Å²) in [6, 6.07) is 10.6. The molecular formula is C23H30FNO. The van der Waals surface area contributed by atoms with E-state index in [0.29, 0.717) is 5.92 Å². The normalized spacial score (nSPS) is 23.9. The molecule has 1 saturated carbocycles. The lowest BCUT2D eigenvalue weighted by Gasteiger charge is -2.37. The maximum Gasteiger partial charge on any atom is 0.199 e. The average Bonchev–Trinajstić information content (AvgIpc) is 2.69. The van der Waals surface area contributed by atoms with E-state index < -0.39 is 5.83 Å². The Labute approximate surface area is 157 Å². The predicted octanol–water partition coefficient (Wildman–Crippen LogP) is 6.40. The molecule has 2 rings (SSSR count). The van der Waals surface area contributed by atoms with Crippen molar-refractivity contribution in [3.8, 4) is 6.07 Å². The van der Waals surface area contributed by atoms with Crippen LogP contribution in [0, 0.1) is 11.3 Å². The quantitative estimate of drug-likeness (QED) is 0.307. The summed E-state index contributed by atoms with van der Waals surface area (Å²) in [5, 5.41) is 8.48. The van der Waals surface area contributed by atoms with Crippen LogP contribution < -0.4 is 0 Å². The number of nitriles is 1. The highest BCUT2D eigenvalue weighted by Crippen LogP contribution is 2.40. The van der Waals surface area contributed by atoms with Gasteiger partial charge in [-0.1, -0.05) is 56.2 Å². The summed E-state index contributed by atoms with van der Waals surface area (Å²) in [5.74, 6) is -0.219. The molecule has 0 atom stereocenters. The van der Waals surface area contributed by atoms with Crippen molar-refractivity contribution in [1.29, 1.82) is 5.26 Å². The van der Waals surface area contributed by atoms with Gasteiger partial charge in [0, 0.05) is 7.11 Å². The minimum absolute atomic E-state index is 0.344. The second kappa shape index (κ2) is 10.3. The van der Waals surface area contributed by atoms with Gasteiger partial charge in [0.1, 0.15) is 6.07 Å². The van der Waals surface area contributed by atoms with Crippen LogP contribution >= 0.6 is 0 Å². The molecule has 0 heterocycles. The Morgan fingerprint density at radius 3 is 2.54 bits per heavy atom. The molecule has 1 aromatic rings. The number of rotatable bonds is 8. The molecule has 26 heavy (non-hydrogen) atoms. The second-order valence-electron chi connectivity index (χ2n) is 7.23. The van der Waals surface area contributed by atoms with Crippen molar-refractivity contribution in [2.45, 2.75) is 69.8 Å². The third-order valence-electron chi connectivity index (χ3n) is 5.51. The third kappa shape index (κ3) is 5.81. The standard InChI is InChI=1S/C23H30FNO/c1-3-4-5-7-19-9-11-20(12-10-19)21-13-16-23(26-2,17-14-21)15-6-8-22(24)18-25/h6,8-12,15,21H,3-5,7,13-14,16-17H2,1-2H3/t21-,23+. The van der Waals surface area contributed by atoms with Gasteiger partial charge in [0.15, 0.2) is 5.83 Å². The Morgan fingerprint density at radius 2 is 1.96 bits per heavy atom. The van der Waals surface area contributed by atoms with Crippen LogP contribution in [0.15, 0.2) is 48.3 Å². The van der Waals surface area contributed by atoms with Gasteiger partial charge in [-0.15, -0.1) is 0 Å². The van der Waals surface area contributed by atoms with Crippen LogP contribution in [0.1, 0.15) is 68.9 Å². The van der Waals surface area contributed by atoms with E-state index in [9.17, 15) is 4.39 Å². The summed E-state index contributed by atoms with van der Waals surface area (Å²) >= 11 is 0. The molecule has 0 amide bonds. The Balaban J connectivity index is 1.93. The fourth-order valence-electron chi connectivity index (χ4n) is 3.76. The van der Waals surface area contributed by atoms with Crippen LogP contribution in [-0.2, 0) is 11.2 Å². The molecule has 0 unspecified atom stereocenters. The van der Waals surface area contributed by atoms with Crippen LogP contribution in [0.25, 0.3) is 0 Å². The number of allylic oxidation sites excluding steroid dienone is 3. The topological polar surface area (TPSA) is 33.0 Å². The lowest BCUT2D eigenvalue weighted by atomic mass is 9.75. The lowest BCUT2D eigenvalue weighted by molar-refractivity contribution is -0.00220. The molecule has 0 aromatic heterocycles. The number of ether oxygens (including phenoxy) is 1. The molecule has 0 N–H and O–H groups in total. The Hall–Kier alpha value is -1.92. The van der Waals surface area contributed by atoms with Crippen LogP contribution in [-0.4, -0.2) is 12.7 Å². The number of unbranched alkanes of at least 4 members (excludes halogenated alkanes) is 2. The molecule has 1 aliphatic carbocycles. The van der Waals surface area contributed by atoms with Crippen LogP contribution in [0.2, 0.25) is 0 Å². The highest BCUT2D eigenvalue weighted by molar-refractivity contribution is 5.27. The van der Waals surface area contributed by atoms with Crippen LogP contribution in [0.5, 0.6) is 0 Å². The maximum atomic E-state index is 12.9. The second-order valence-corrected chi connectivity index (χ2v) is 7.23. The SMILES string of the molecule is CCCCCc1ccc([C@H]2CC[C@@](C=CC=C(F)C#N)(OC)CC2)cc1. The number of halogens is 1. The Bertz CT molecular complexity index is 646. The summed E-state index contributed by atoms with van der Waals surface area (Å²) < 4.78 is 18.7. The van der Waals surface area contributed by atoms with Gasteiger partial charge >= 0.3 is 0 Å². The molecule has 0 radical (unpaired) electrons. The van der Waals surface area contributed by atoms with Crippen LogP contribution in [0.3, 0.4) is 0 Å². The first kappa shape index (κ1) is 20.4. The van der Waals surface area contributed by atoms with Crippen molar-refractivity contribution >= 4 is 0 Å². The van der Waals surface area contributed by atoms with E-state index in [-0.39, 0.29) is 5.60 Å². The molecule has 0 spiro atoms. The van der Waals surface area contributed by atoms with Crippen molar-refractivity contribution < 1.29 is 9.13 Å². The summed E-state index contributed by atoms with van der Waals surface area (Å²) in [7, 11) is 1.71. The summed E-state index contributed by atoms with van der Waals surface area (Å²) in [4.78, 5) is 0. The fraction of sp³-hybridized carbons (Fsp3) is 0.522. The van der Waals surface area contributed by atoms with Crippen molar-refractivity contribution in [3.05, 3.63) is 59.4 Å². The van der Waals surface area contributed by atoms with Crippen molar-refractivity contribution in [2.75, 3.05) is 7.11 Å². The lowest BCUT2D eigenvalue weighted by Crippen LogP contribution is -2.33. The monoisotopic (exact) mass is 355 g/mol. The first-order valence-corrected chi connectivity index (χ1v) is 9.71. The maximum absolute atomic E-state index is 12.9. The van der Waals surface area contributed by atoms with Crippen molar-refractivity contribution in [1.82, 2.24) is 0 Å². The molecule has 3 heteroatoms. The minimum atomic E-state index is -0.778. The minimum Gasteiger partial charge on any atom is -0.374 e. The van der Waals surface area contributed by atoms with Gasteiger partial charge in [-0.25, -0.2) is 0 Å². The zero-order valence-electron chi connectivity index (χ0n) is 16.0. The van der Waals surface area contributed by atoms with Gasteiger partial charge in [0.05, 0.1) is 5.60 Å². The number of nitrogens with zero attached hydrogens (tertiary/aromatic N) is 1. The summed E-state index contributed by atoms with van der Waals surface area (Å²) in [6.07, 6.45) is 13.6. The summed E-state index contributed by atoms with van der Waals surface area (Å²) in [5.41, 5.74) is 2.50. The smallest absolute Gasteiger partial charge is 0.199 e. The van der Waals surface area contributed by atoms with E-state index in [2.05, 4.69) is 31.2 Å². The van der Waals surface area contributed by atoms with Crippen LogP contribution in [0.4, 0.5) is 4.39 Å². The summed E-state index contributed by atoms with van der Waals surface area (Å²) in [6.45, 7) is 2.23. The number of benzene rings is 1. The molecule has 140 valence electrons. The van der Waals surface area contributed by atoms with E-state index in [0.717, 1.165) is 25.7 Å². The first-order valence-electron chi connectivity index (χ1n) is 9.71. The zero-order valence-corrected chi connectivity index (χ0v) is 16.0. The van der Waals surface area contributed by atoms with Gasteiger partial charge < -0.3 is 4.74 Å². The molecule has 0 saturated heterocycles. The molecule has 2 nitrogen and oxygen atoms in total. The molecule has 1 aromatic carbocycles. The van der Waals surface area contributed by atoms with E-state index in [1.807, 2.05) is 6.08 Å². The van der Waals surface area contributed by atoms with Gasteiger partial charge in [0.2, 0.25) is 0 Å². The van der Waals surface area contributed by atoms with Gasteiger partial charge in [-0.3, -0.25) is 0 Å². The number of hydrogen-bond donors (Lipinski definition) is 0. The van der Waals surface area contributed by atoms with Crippen molar-refractivity contribution in [3.63, 3.8) is 0 Å². The molecule has 0 aliphatic heterocycles. The zero-order chi connectivity index (χ0) is 18.8. The predicted molar refractivity (Wildman–Crippen MR) is 105 cm³/mol. The van der Waals surface area contributed by atoms with E-state index in [1.54, 1.807) is 13.2 Å². The van der Waals surface area contributed by atoms with E-state index in [4.69, 9.17) is 10.00 Å². The van der Waals surface area contributed by atoms with Gasteiger partial charge in [0.25, 0.3) is 0 Å². The highest BCUT2D eigenvalue weighted by Gasteiger charge is 2.33. The Kier molecular flexibility index (Phi) is 8.06. The van der Waals surface area contributed by atoms with E-state index >= 15 is 0 Å². The highest BCUT2D eigenvalue weighted by atomic mass is 19.1. The first-order chi connectivity index (χ1) is 12.6. The Morgan fingerprint density at radius 1 is 1.27 bits per heavy atom. The third-order valence-corrected chi connectivity index (χ3v) is 5.51. The van der Waals surface area contributed by atoms with E-state index in [1.165, 1.54) is 49.0 Å². The van der Waals surface area contributed by atoms with Gasteiger partial charge in [-0.05, 0) is 61.6 Å². The average molecular weight is 355 g/mol. The van der Waals surface area contributed by atoms with Gasteiger partial charge in [-0.2, -0.15) is 9.65 Å². The van der Waals surface area contributed by atoms with Crippen molar-refractivity contribution in [2.24, 2.45) is 0 Å². The number of aryl methyl sites for hydroxylation is 1. The largest absolute Gasteiger partial charge is 0.374 e. The fourth-order valence-corrected chi connectivity index (χ4v) is 3.76. The molecule has 0 bridgehead atoms. The number of hydrogen-bond acceptors (Lipinski definition) is 2. The molecular weight excluding hydrogens is 325 g/mol. The number of methoxy groups -OCH3 is 1. The molecule has 1 aliphatic rings.